The fourth-order valence-corrected chi connectivity index (χ4v) is 1.59. The number of carbonyl (C=O) groups is 2. The first kappa shape index (κ1) is 16.7. The number of rotatable bonds is 6. The lowest BCUT2D eigenvalue weighted by Crippen LogP contribution is -1.93. The predicted octanol–water partition coefficient (Wildman–Crippen LogP) is 3.68. The highest BCUT2D eigenvalue weighted by Crippen LogP contribution is 2.23. The second kappa shape index (κ2) is 8.08. The molecule has 0 radical (unpaired) electrons. The van der Waals surface area contributed by atoms with Crippen LogP contribution in [0.2, 0.25) is 0 Å². The fourth-order valence-electron chi connectivity index (χ4n) is 1.59. The second-order valence-corrected chi connectivity index (χ2v) is 4.43. The van der Waals surface area contributed by atoms with Crippen LogP contribution in [0.15, 0.2) is 68.7 Å². The molecule has 0 heterocycles. The number of carboxylic acid groups (broad SMARTS) is 2. The SMILES string of the molecule is O=C(O)C=Nc1ccc(N=Nc2ccc(N=CC(=O)O)cc2)cc1. The number of aliphatic carboxylic acids is 2. The Bertz CT molecular complexity index is 739. The molecule has 2 aromatic rings. The Kier molecular flexibility index (Phi) is 5.62. The normalized spacial score (nSPS) is 11.5. The summed E-state index contributed by atoms with van der Waals surface area (Å²) in [4.78, 5) is 28.3. The molecular weight excluding hydrogens is 312 g/mol. The summed E-state index contributed by atoms with van der Waals surface area (Å²) in [6, 6.07) is 13.1. The maximum Gasteiger partial charge on any atom is 0.346 e. The lowest BCUT2D eigenvalue weighted by atomic mass is 10.3. The first-order valence-electron chi connectivity index (χ1n) is 6.69. The van der Waals surface area contributed by atoms with E-state index in [9.17, 15) is 9.59 Å². The monoisotopic (exact) mass is 324 g/mol. The van der Waals surface area contributed by atoms with E-state index in [1.807, 2.05) is 0 Å². The minimum absolute atomic E-state index is 0.497. The summed E-state index contributed by atoms with van der Waals surface area (Å²) in [5.41, 5.74) is 2.16. The molecule has 24 heavy (non-hydrogen) atoms. The first-order valence-corrected chi connectivity index (χ1v) is 6.69. The third kappa shape index (κ3) is 5.60. The average Bonchev–Trinajstić information content (AvgIpc) is 2.58. The first-order chi connectivity index (χ1) is 11.5. The van der Waals surface area contributed by atoms with Crippen LogP contribution in [0.25, 0.3) is 0 Å². The number of hydrogen-bond acceptors (Lipinski definition) is 6. The van der Waals surface area contributed by atoms with Crippen molar-refractivity contribution < 1.29 is 19.8 Å². The second-order valence-electron chi connectivity index (χ2n) is 4.43. The van der Waals surface area contributed by atoms with Gasteiger partial charge in [-0.3, -0.25) is 0 Å². The lowest BCUT2D eigenvalue weighted by molar-refractivity contribution is -0.129. The van der Waals surface area contributed by atoms with Gasteiger partial charge in [-0.05, 0) is 48.5 Å². The summed E-state index contributed by atoms with van der Waals surface area (Å²) in [6.45, 7) is 0. The van der Waals surface area contributed by atoms with Crippen molar-refractivity contribution in [3.05, 3.63) is 48.5 Å². The van der Waals surface area contributed by atoms with Gasteiger partial charge in [-0.1, -0.05) is 0 Å². The van der Waals surface area contributed by atoms with Crippen molar-refractivity contribution in [1.29, 1.82) is 0 Å². The molecule has 120 valence electrons. The van der Waals surface area contributed by atoms with Crippen LogP contribution in [0.1, 0.15) is 0 Å². The van der Waals surface area contributed by atoms with E-state index in [1.54, 1.807) is 48.5 Å². The van der Waals surface area contributed by atoms with E-state index >= 15 is 0 Å². The quantitative estimate of drug-likeness (QED) is 0.621. The summed E-state index contributed by atoms with van der Waals surface area (Å²) < 4.78 is 0. The van der Waals surface area contributed by atoms with Gasteiger partial charge in [0, 0.05) is 0 Å². The Labute approximate surface area is 136 Å². The Balaban J connectivity index is 2.02. The van der Waals surface area contributed by atoms with Crippen LogP contribution in [0, 0.1) is 0 Å². The van der Waals surface area contributed by atoms with E-state index in [1.165, 1.54) is 0 Å². The lowest BCUT2D eigenvalue weighted by Gasteiger charge is -1.96. The van der Waals surface area contributed by atoms with Gasteiger partial charge in [0.15, 0.2) is 0 Å². The molecule has 2 N–H and O–H groups in total. The molecule has 0 saturated carbocycles. The number of nitrogens with zero attached hydrogens (tertiary/aromatic N) is 4. The van der Waals surface area contributed by atoms with Crippen LogP contribution >= 0.6 is 0 Å². The highest BCUT2D eigenvalue weighted by atomic mass is 16.4. The van der Waals surface area contributed by atoms with E-state index < -0.39 is 11.9 Å². The number of benzene rings is 2. The van der Waals surface area contributed by atoms with Gasteiger partial charge >= 0.3 is 11.9 Å². The van der Waals surface area contributed by atoms with Gasteiger partial charge in [-0.25, -0.2) is 19.6 Å². The molecule has 0 bridgehead atoms. The standard InChI is InChI=1S/C16H12N4O4/c21-15(22)9-17-11-1-5-13(6-2-11)19-20-14-7-3-12(4-8-14)18-10-16(23)24/h1-10H,(H,21,22)(H,23,24). The molecule has 0 aliphatic carbocycles. The molecule has 8 nitrogen and oxygen atoms in total. The highest BCUT2D eigenvalue weighted by molar-refractivity contribution is 6.22. The summed E-state index contributed by atoms with van der Waals surface area (Å²) in [6.07, 6.45) is 1.62. The molecule has 0 aliphatic rings. The van der Waals surface area contributed by atoms with Crippen LogP contribution in [-0.2, 0) is 9.59 Å². The summed E-state index contributed by atoms with van der Waals surface area (Å²) in [7, 11) is 0. The Morgan fingerprint density at radius 3 is 1.21 bits per heavy atom. The Morgan fingerprint density at radius 1 is 0.625 bits per heavy atom. The molecule has 0 unspecified atom stereocenters. The molecule has 0 saturated heterocycles. The predicted molar refractivity (Wildman–Crippen MR) is 88.6 cm³/mol. The van der Waals surface area contributed by atoms with Crippen molar-refractivity contribution >= 4 is 47.1 Å². The third-order valence-electron chi connectivity index (χ3n) is 2.63. The van der Waals surface area contributed by atoms with E-state index in [-0.39, 0.29) is 0 Å². The molecule has 0 aromatic heterocycles. The topological polar surface area (TPSA) is 124 Å². The Morgan fingerprint density at radius 2 is 0.917 bits per heavy atom. The minimum Gasteiger partial charge on any atom is -0.477 e. The van der Waals surface area contributed by atoms with Crippen LogP contribution in [-0.4, -0.2) is 34.6 Å². The van der Waals surface area contributed by atoms with Crippen LogP contribution in [0.5, 0.6) is 0 Å². The minimum atomic E-state index is -1.12. The van der Waals surface area contributed by atoms with Gasteiger partial charge < -0.3 is 10.2 Å². The molecule has 2 rings (SSSR count). The maximum atomic E-state index is 10.4. The average molecular weight is 324 g/mol. The van der Waals surface area contributed by atoms with Crippen molar-refractivity contribution in [2.75, 3.05) is 0 Å². The van der Waals surface area contributed by atoms with Crippen molar-refractivity contribution in [1.82, 2.24) is 0 Å². The largest absolute Gasteiger partial charge is 0.477 e. The zero-order chi connectivity index (χ0) is 17.4. The van der Waals surface area contributed by atoms with Crippen LogP contribution < -0.4 is 0 Å². The van der Waals surface area contributed by atoms with Crippen molar-refractivity contribution in [3.8, 4) is 0 Å². The number of aliphatic imine (C=N–C) groups is 2. The summed E-state index contributed by atoms with van der Waals surface area (Å²) >= 11 is 0. The molecule has 0 amide bonds. The number of hydrogen-bond donors (Lipinski definition) is 2. The zero-order valence-electron chi connectivity index (χ0n) is 12.3. The summed E-state index contributed by atoms with van der Waals surface area (Å²) in [5.74, 6) is -2.23. The van der Waals surface area contributed by atoms with Crippen LogP contribution in [0.3, 0.4) is 0 Å². The smallest absolute Gasteiger partial charge is 0.346 e. The van der Waals surface area contributed by atoms with Gasteiger partial charge in [0.1, 0.15) is 12.4 Å². The molecule has 2 aromatic carbocycles. The van der Waals surface area contributed by atoms with Crippen molar-refractivity contribution in [2.45, 2.75) is 0 Å². The molecule has 0 spiro atoms. The molecular formula is C16H12N4O4. The van der Waals surface area contributed by atoms with Crippen molar-refractivity contribution in [2.24, 2.45) is 20.2 Å². The van der Waals surface area contributed by atoms with E-state index in [0.717, 1.165) is 12.4 Å². The number of azo groups is 1. The van der Waals surface area contributed by atoms with Gasteiger partial charge in [0.05, 0.1) is 22.7 Å². The van der Waals surface area contributed by atoms with E-state index in [4.69, 9.17) is 10.2 Å². The highest BCUT2D eigenvalue weighted by Gasteiger charge is 1.95. The van der Waals surface area contributed by atoms with Crippen molar-refractivity contribution in [3.63, 3.8) is 0 Å². The van der Waals surface area contributed by atoms with Crippen LogP contribution in [0.4, 0.5) is 22.7 Å². The molecule has 0 fully saturated rings. The summed E-state index contributed by atoms with van der Waals surface area (Å²) in [5, 5.41) is 25.1. The molecule has 0 atom stereocenters. The van der Waals surface area contributed by atoms with Gasteiger partial charge in [-0.2, -0.15) is 10.2 Å². The zero-order valence-corrected chi connectivity index (χ0v) is 12.3. The van der Waals surface area contributed by atoms with Gasteiger partial charge in [-0.15, -0.1) is 0 Å². The maximum absolute atomic E-state index is 10.4. The Hall–Kier alpha value is -3.68. The van der Waals surface area contributed by atoms with E-state index in [2.05, 4.69) is 20.2 Å². The molecule has 0 aliphatic heterocycles. The van der Waals surface area contributed by atoms with Gasteiger partial charge in [0.2, 0.25) is 0 Å². The third-order valence-corrected chi connectivity index (χ3v) is 2.63. The fraction of sp³-hybridized carbons (Fsp3) is 0. The number of carboxylic acids is 2. The van der Waals surface area contributed by atoms with Gasteiger partial charge in [0.25, 0.3) is 0 Å². The molecule has 8 heteroatoms. The van der Waals surface area contributed by atoms with E-state index in [0.29, 0.717) is 22.7 Å².